The Kier molecular flexibility index (Phi) is 4.61. The molecule has 6 nitrogen and oxygen atoms in total. The third kappa shape index (κ3) is 3.30. The first-order chi connectivity index (χ1) is 13.1. The number of pyridine rings is 1. The molecule has 0 bridgehead atoms. The number of nitroso groups, excluding NO2 is 1. The average molecular weight is 380 g/mol. The Balaban J connectivity index is 1.73. The lowest BCUT2D eigenvalue weighted by Gasteiger charge is -2.12. The molecule has 1 aliphatic rings. The van der Waals surface area contributed by atoms with E-state index in [4.69, 9.17) is 0 Å². The minimum atomic E-state index is -0.241. The van der Waals surface area contributed by atoms with Crippen molar-refractivity contribution in [1.82, 2.24) is 10.3 Å². The van der Waals surface area contributed by atoms with Crippen LogP contribution < -0.4 is 10.6 Å². The number of nitrogens with one attached hydrogen (secondary N) is 2. The van der Waals surface area contributed by atoms with Gasteiger partial charge in [0.2, 0.25) is 0 Å². The molecule has 1 atom stereocenters. The monoisotopic (exact) mass is 380 g/mol. The zero-order valence-electron chi connectivity index (χ0n) is 15.2. The van der Waals surface area contributed by atoms with E-state index in [1.165, 1.54) is 11.3 Å². The molecule has 2 N–H and O–H groups in total. The van der Waals surface area contributed by atoms with Crippen molar-refractivity contribution in [3.63, 3.8) is 0 Å². The summed E-state index contributed by atoms with van der Waals surface area (Å²) in [7, 11) is 0. The third-order valence-corrected chi connectivity index (χ3v) is 5.84. The summed E-state index contributed by atoms with van der Waals surface area (Å²) in [4.78, 5) is 28.5. The van der Waals surface area contributed by atoms with Crippen LogP contribution in [0.3, 0.4) is 0 Å². The van der Waals surface area contributed by atoms with Crippen LogP contribution >= 0.6 is 11.3 Å². The maximum Gasteiger partial charge on any atom is 0.263 e. The summed E-state index contributed by atoms with van der Waals surface area (Å²) in [5.74, 6) is -0.0971. The smallest absolute Gasteiger partial charge is 0.263 e. The fourth-order valence-corrected chi connectivity index (χ4v) is 4.52. The Labute approximate surface area is 161 Å². The lowest BCUT2D eigenvalue weighted by atomic mass is 10.1. The van der Waals surface area contributed by atoms with E-state index in [0.717, 1.165) is 45.4 Å². The molecule has 0 fully saturated rings. The van der Waals surface area contributed by atoms with Crippen LogP contribution in [-0.2, 0) is 6.42 Å². The van der Waals surface area contributed by atoms with Crippen molar-refractivity contribution in [3.05, 3.63) is 57.6 Å². The molecule has 1 unspecified atom stereocenters. The van der Waals surface area contributed by atoms with Crippen LogP contribution in [0.4, 0.5) is 11.4 Å². The second kappa shape index (κ2) is 7.08. The standard InChI is InChI=1S/C20H20N4O2S/c1-11(2)22-20(25)19-18(15-7-8-21-10-17(15)27-19)23-13-4-5-14-12(9-13)3-6-16(14)24-26/h4-5,7-11,16,23H,3,6H2,1-2H3,(H,22,25). The van der Waals surface area contributed by atoms with E-state index in [2.05, 4.69) is 26.9 Å². The Hall–Kier alpha value is -2.80. The van der Waals surface area contributed by atoms with Crippen molar-refractivity contribution >= 4 is 38.7 Å². The van der Waals surface area contributed by atoms with E-state index >= 15 is 0 Å². The lowest BCUT2D eigenvalue weighted by molar-refractivity contribution is 0.0948. The summed E-state index contributed by atoms with van der Waals surface area (Å²) in [6.45, 7) is 3.88. The Morgan fingerprint density at radius 3 is 2.96 bits per heavy atom. The molecule has 0 spiro atoms. The predicted molar refractivity (Wildman–Crippen MR) is 109 cm³/mol. The molecule has 0 saturated heterocycles. The number of carbonyl (C=O) groups is 1. The molecule has 27 heavy (non-hydrogen) atoms. The number of anilines is 2. The summed E-state index contributed by atoms with van der Waals surface area (Å²) in [6, 6.07) is 7.68. The normalized spacial score (nSPS) is 15.7. The van der Waals surface area contributed by atoms with E-state index in [1.807, 2.05) is 32.0 Å². The zero-order chi connectivity index (χ0) is 19.0. The van der Waals surface area contributed by atoms with Gasteiger partial charge in [-0.25, -0.2) is 0 Å². The summed E-state index contributed by atoms with van der Waals surface area (Å²) >= 11 is 1.43. The Morgan fingerprint density at radius 2 is 2.19 bits per heavy atom. The second-order valence-electron chi connectivity index (χ2n) is 7.00. The van der Waals surface area contributed by atoms with Gasteiger partial charge >= 0.3 is 0 Å². The van der Waals surface area contributed by atoms with Gasteiger partial charge in [0.1, 0.15) is 10.9 Å². The molecule has 1 aliphatic carbocycles. The first-order valence-electron chi connectivity index (χ1n) is 8.96. The molecule has 138 valence electrons. The van der Waals surface area contributed by atoms with Crippen molar-refractivity contribution in [2.75, 3.05) is 5.32 Å². The molecule has 0 radical (unpaired) electrons. The zero-order valence-corrected chi connectivity index (χ0v) is 16.0. The lowest BCUT2D eigenvalue weighted by Crippen LogP contribution is -2.29. The number of hydrogen-bond donors (Lipinski definition) is 2. The molecule has 4 rings (SSSR count). The van der Waals surface area contributed by atoms with Gasteiger partial charge in [-0.15, -0.1) is 11.3 Å². The van der Waals surface area contributed by atoms with E-state index in [1.54, 1.807) is 12.4 Å². The van der Waals surface area contributed by atoms with Gasteiger partial charge < -0.3 is 10.6 Å². The van der Waals surface area contributed by atoms with Crippen LogP contribution in [0.15, 0.2) is 41.8 Å². The predicted octanol–water partition coefficient (Wildman–Crippen LogP) is 4.93. The number of nitrogens with zero attached hydrogens (tertiary/aromatic N) is 2. The van der Waals surface area contributed by atoms with E-state index in [0.29, 0.717) is 4.88 Å². The molecule has 2 heterocycles. The van der Waals surface area contributed by atoms with Crippen molar-refractivity contribution in [3.8, 4) is 0 Å². The SMILES string of the molecule is CC(C)NC(=O)c1sc2cnccc2c1Nc1ccc2c(c1)CCC2N=O. The number of benzene rings is 1. The molecule has 3 aromatic rings. The van der Waals surface area contributed by atoms with Gasteiger partial charge in [0.05, 0.1) is 10.4 Å². The van der Waals surface area contributed by atoms with Crippen LogP contribution in [0.5, 0.6) is 0 Å². The molecule has 1 aromatic carbocycles. The number of hydrogen-bond acceptors (Lipinski definition) is 6. The molecule has 0 aliphatic heterocycles. The maximum absolute atomic E-state index is 12.7. The summed E-state index contributed by atoms with van der Waals surface area (Å²) in [5, 5.41) is 10.6. The number of aryl methyl sites for hydroxylation is 1. The third-order valence-electron chi connectivity index (χ3n) is 4.70. The number of rotatable bonds is 5. The van der Waals surface area contributed by atoms with Gasteiger partial charge in [-0.2, -0.15) is 4.91 Å². The molecule has 2 aromatic heterocycles. The summed E-state index contributed by atoms with van der Waals surface area (Å²) in [6.07, 6.45) is 5.11. The summed E-state index contributed by atoms with van der Waals surface area (Å²) in [5.41, 5.74) is 3.83. The van der Waals surface area contributed by atoms with Crippen molar-refractivity contribution in [1.29, 1.82) is 0 Å². The Morgan fingerprint density at radius 1 is 1.33 bits per heavy atom. The van der Waals surface area contributed by atoms with Gasteiger partial charge in [0.15, 0.2) is 0 Å². The fourth-order valence-electron chi connectivity index (χ4n) is 3.49. The highest BCUT2D eigenvalue weighted by molar-refractivity contribution is 7.21. The van der Waals surface area contributed by atoms with E-state index in [9.17, 15) is 9.70 Å². The minimum absolute atomic E-state index is 0.0569. The highest BCUT2D eigenvalue weighted by Crippen LogP contribution is 2.39. The summed E-state index contributed by atoms with van der Waals surface area (Å²) < 4.78 is 0.959. The molecule has 7 heteroatoms. The fraction of sp³-hybridized carbons (Fsp3) is 0.300. The van der Waals surface area contributed by atoms with Crippen LogP contribution in [0.25, 0.3) is 10.1 Å². The number of amides is 1. The van der Waals surface area contributed by atoms with Gasteiger partial charge in [-0.3, -0.25) is 9.78 Å². The largest absolute Gasteiger partial charge is 0.354 e. The van der Waals surface area contributed by atoms with Crippen LogP contribution in [-0.4, -0.2) is 16.9 Å². The molecule has 0 saturated carbocycles. The first-order valence-corrected chi connectivity index (χ1v) is 9.78. The van der Waals surface area contributed by atoms with Crippen molar-refractivity contribution in [2.24, 2.45) is 5.18 Å². The highest BCUT2D eigenvalue weighted by Gasteiger charge is 2.24. The molecule has 1 amide bonds. The van der Waals surface area contributed by atoms with Gasteiger partial charge in [-0.05, 0) is 56.0 Å². The van der Waals surface area contributed by atoms with Crippen molar-refractivity contribution in [2.45, 2.75) is 38.8 Å². The quantitative estimate of drug-likeness (QED) is 0.615. The first kappa shape index (κ1) is 17.6. The van der Waals surface area contributed by atoms with Crippen LogP contribution in [0.1, 0.15) is 47.1 Å². The van der Waals surface area contributed by atoms with Crippen LogP contribution in [0, 0.1) is 4.91 Å². The van der Waals surface area contributed by atoms with E-state index < -0.39 is 0 Å². The Bertz CT molecular complexity index is 1030. The molecular weight excluding hydrogens is 360 g/mol. The number of carbonyl (C=O) groups excluding carboxylic acids is 1. The van der Waals surface area contributed by atoms with Gasteiger partial charge in [0.25, 0.3) is 5.91 Å². The molecular formula is C20H20N4O2S. The highest BCUT2D eigenvalue weighted by atomic mass is 32.1. The number of fused-ring (bicyclic) bond motifs is 2. The topological polar surface area (TPSA) is 83.4 Å². The van der Waals surface area contributed by atoms with Crippen molar-refractivity contribution < 1.29 is 4.79 Å². The van der Waals surface area contributed by atoms with Crippen LogP contribution in [0.2, 0.25) is 0 Å². The minimum Gasteiger partial charge on any atom is -0.354 e. The number of thiophene rings is 1. The average Bonchev–Trinajstić information content (AvgIpc) is 3.22. The van der Waals surface area contributed by atoms with Gasteiger partial charge in [0, 0.05) is 29.5 Å². The maximum atomic E-state index is 12.7. The second-order valence-corrected chi connectivity index (χ2v) is 8.06. The van der Waals surface area contributed by atoms with E-state index in [-0.39, 0.29) is 18.0 Å². The van der Waals surface area contributed by atoms with Gasteiger partial charge in [-0.1, -0.05) is 11.2 Å². The number of aromatic nitrogens is 1.